The summed E-state index contributed by atoms with van der Waals surface area (Å²) in [5.74, 6) is -1.44. The van der Waals surface area contributed by atoms with Crippen LogP contribution in [0.15, 0.2) is 54.6 Å². The van der Waals surface area contributed by atoms with Crippen LogP contribution >= 0.6 is 0 Å². The zero-order valence-electron chi connectivity index (χ0n) is 17.0. The predicted molar refractivity (Wildman–Crippen MR) is 117 cm³/mol. The number of carbonyl (C=O) groups is 2. The number of nitrogens with two attached hydrogens (primary N) is 1. The van der Waals surface area contributed by atoms with E-state index in [1.165, 1.54) is 0 Å². The molecule has 2 atom stereocenters. The van der Waals surface area contributed by atoms with E-state index in [9.17, 15) is 14.7 Å². The molecule has 30 heavy (non-hydrogen) atoms. The number of carboxylic acid groups (broad SMARTS) is 1. The normalized spacial score (nSPS) is 12.5. The first-order valence-corrected chi connectivity index (χ1v) is 9.84. The van der Waals surface area contributed by atoms with E-state index in [4.69, 9.17) is 11.1 Å². The van der Waals surface area contributed by atoms with Crippen LogP contribution in [0.3, 0.4) is 0 Å². The van der Waals surface area contributed by atoms with Crippen molar-refractivity contribution in [2.75, 3.05) is 13.6 Å². The minimum absolute atomic E-state index is 0.159. The van der Waals surface area contributed by atoms with Crippen LogP contribution in [0.25, 0.3) is 11.1 Å². The average molecular weight is 412 g/mol. The number of hydrogen-bond donors (Lipinski definition) is 6. The summed E-state index contributed by atoms with van der Waals surface area (Å²) in [7, 11) is 1.62. The van der Waals surface area contributed by atoms with E-state index >= 15 is 0 Å². The van der Waals surface area contributed by atoms with Gasteiger partial charge in [-0.15, -0.1) is 0 Å². The van der Waals surface area contributed by atoms with E-state index < -0.39 is 24.0 Å². The minimum atomic E-state index is -1.11. The Kier molecular flexibility index (Phi) is 8.83. The molecular formula is C22H29N5O3. The molecule has 0 fully saturated rings. The van der Waals surface area contributed by atoms with Gasteiger partial charge >= 0.3 is 5.97 Å². The Morgan fingerprint density at radius 2 is 1.70 bits per heavy atom. The molecule has 0 heterocycles. The highest BCUT2D eigenvalue weighted by Gasteiger charge is 2.23. The highest BCUT2D eigenvalue weighted by molar-refractivity contribution is 5.87. The molecule has 0 saturated heterocycles. The zero-order valence-corrected chi connectivity index (χ0v) is 17.0. The molecule has 0 radical (unpaired) electrons. The number of rotatable bonds is 10. The summed E-state index contributed by atoms with van der Waals surface area (Å²) >= 11 is 0. The van der Waals surface area contributed by atoms with Crippen molar-refractivity contribution in [2.45, 2.75) is 31.3 Å². The smallest absolute Gasteiger partial charge is 0.326 e. The van der Waals surface area contributed by atoms with Crippen molar-refractivity contribution in [1.29, 1.82) is 5.41 Å². The number of amides is 1. The fourth-order valence-electron chi connectivity index (χ4n) is 2.95. The van der Waals surface area contributed by atoms with Gasteiger partial charge in [-0.2, -0.15) is 0 Å². The van der Waals surface area contributed by atoms with Gasteiger partial charge in [0.05, 0.1) is 6.04 Å². The lowest BCUT2D eigenvalue weighted by Crippen LogP contribution is -2.49. The second-order valence-corrected chi connectivity index (χ2v) is 6.97. The molecule has 7 N–H and O–H groups in total. The summed E-state index contributed by atoms with van der Waals surface area (Å²) in [6, 6.07) is 15.9. The van der Waals surface area contributed by atoms with Crippen LogP contribution in [0.5, 0.6) is 0 Å². The minimum Gasteiger partial charge on any atom is -0.480 e. The van der Waals surface area contributed by atoms with E-state index in [0.29, 0.717) is 19.4 Å². The first kappa shape index (κ1) is 22.9. The van der Waals surface area contributed by atoms with Crippen LogP contribution in [0, 0.1) is 5.41 Å². The molecule has 2 aromatic rings. The first-order valence-electron chi connectivity index (χ1n) is 9.84. The molecule has 8 nitrogen and oxygen atoms in total. The highest BCUT2D eigenvalue weighted by atomic mass is 16.4. The van der Waals surface area contributed by atoms with E-state index in [0.717, 1.165) is 16.7 Å². The van der Waals surface area contributed by atoms with Crippen LogP contribution in [-0.2, 0) is 16.0 Å². The van der Waals surface area contributed by atoms with E-state index in [1.54, 1.807) is 7.05 Å². The van der Waals surface area contributed by atoms with Crippen molar-refractivity contribution >= 4 is 17.8 Å². The van der Waals surface area contributed by atoms with Gasteiger partial charge in [0.2, 0.25) is 5.91 Å². The van der Waals surface area contributed by atoms with E-state index in [-0.39, 0.29) is 12.4 Å². The Morgan fingerprint density at radius 1 is 1.07 bits per heavy atom. The van der Waals surface area contributed by atoms with Gasteiger partial charge in [0.1, 0.15) is 6.04 Å². The molecule has 0 aliphatic carbocycles. The number of carboxylic acids is 1. The molecule has 2 rings (SSSR count). The van der Waals surface area contributed by atoms with Crippen molar-refractivity contribution < 1.29 is 14.7 Å². The van der Waals surface area contributed by atoms with Gasteiger partial charge in [-0.05, 0) is 36.0 Å². The number of hydrogen-bond acceptors (Lipinski definition) is 4. The second kappa shape index (κ2) is 11.6. The third-order valence-corrected chi connectivity index (χ3v) is 4.69. The zero-order chi connectivity index (χ0) is 21.9. The van der Waals surface area contributed by atoms with Crippen molar-refractivity contribution in [3.8, 4) is 11.1 Å². The first-order chi connectivity index (χ1) is 14.4. The van der Waals surface area contributed by atoms with Gasteiger partial charge in [0.15, 0.2) is 5.96 Å². The van der Waals surface area contributed by atoms with Crippen molar-refractivity contribution in [3.05, 3.63) is 60.2 Å². The van der Waals surface area contributed by atoms with Crippen LogP contribution in [0.2, 0.25) is 0 Å². The van der Waals surface area contributed by atoms with E-state index in [2.05, 4.69) is 16.0 Å². The van der Waals surface area contributed by atoms with Crippen LogP contribution in [0.4, 0.5) is 0 Å². The standard InChI is InChI=1S/C22H29N5O3/c1-25-22(24)26-13-5-8-19(21(29)30)27-20(28)18(23)14-15-9-11-17(12-10-15)16-6-3-2-4-7-16/h2-4,6-7,9-12,18-19H,5,8,13-14,23H2,1H3,(H,27,28)(H,29,30)(H3,24,25,26). The lowest BCUT2D eigenvalue weighted by molar-refractivity contribution is -0.142. The maximum atomic E-state index is 12.4. The average Bonchev–Trinajstić information content (AvgIpc) is 2.76. The number of carbonyl (C=O) groups excluding carboxylic acids is 1. The summed E-state index contributed by atoms with van der Waals surface area (Å²) in [5, 5.41) is 24.7. The largest absolute Gasteiger partial charge is 0.480 e. The fraction of sp³-hybridized carbons (Fsp3) is 0.318. The topological polar surface area (TPSA) is 140 Å². The lowest BCUT2D eigenvalue weighted by Gasteiger charge is -2.18. The summed E-state index contributed by atoms with van der Waals surface area (Å²) in [5.41, 5.74) is 9.09. The van der Waals surface area contributed by atoms with Gasteiger partial charge in [0, 0.05) is 13.6 Å². The molecule has 0 saturated carbocycles. The Balaban J connectivity index is 1.86. The molecule has 2 unspecified atom stereocenters. The SMILES string of the molecule is CNC(=N)NCCCC(NC(=O)C(N)Cc1ccc(-c2ccccc2)cc1)C(=O)O. The van der Waals surface area contributed by atoms with Crippen LogP contribution < -0.4 is 21.7 Å². The lowest BCUT2D eigenvalue weighted by atomic mass is 10.0. The molecule has 160 valence electrons. The molecule has 0 aromatic heterocycles. The summed E-state index contributed by atoms with van der Waals surface area (Å²) in [6.45, 7) is 0.430. The fourth-order valence-corrected chi connectivity index (χ4v) is 2.95. The Bertz CT molecular complexity index is 840. The Hall–Kier alpha value is -3.39. The molecular weight excluding hydrogens is 382 g/mol. The number of guanidine groups is 1. The van der Waals surface area contributed by atoms with E-state index in [1.807, 2.05) is 54.6 Å². The van der Waals surface area contributed by atoms with Gasteiger partial charge in [-0.1, -0.05) is 54.6 Å². The molecule has 8 heteroatoms. The van der Waals surface area contributed by atoms with Gasteiger partial charge in [-0.25, -0.2) is 4.79 Å². The number of nitrogens with one attached hydrogen (secondary N) is 4. The van der Waals surface area contributed by atoms with Crippen LogP contribution in [0.1, 0.15) is 18.4 Å². The maximum Gasteiger partial charge on any atom is 0.326 e. The monoisotopic (exact) mass is 411 g/mol. The van der Waals surface area contributed by atoms with Gasteiger partial charge < -0.3 is 26.8 Å². The Morgan fingerprint density at radius 3 is 2.30 bits per heavy atom. The molecule has 0 aliphatic rings. The molecule has 0 aliphatic heterocycles. The number of benzene rings is 2. The third kappa shape index (κ3) is 7.21. The predicted octanol–water partition coefficient (Wildman–Crippen LogP) is 1.32. The molecule has 1 amide bonds. The molecule has 0 spiro atoms. The third-order valence-electron chi connectivity index (χ3n) is 4.69. The Labute approximate surface area is 176 Å². The van der Waals surface area contributed by atoms with Gasteiger partial charge in [-0.3, -0.25) is 10.2 Å². The quantitative estimate of drug-likeness (QED) is 0.198. The van der Waals surface area contributed by atoms with Gasteiger partial charge in [0.25, 0.3) is 0 Å². The maximum absolute atomic E-state index is 12.4. The van der Waals surface area contributed by atoms with Crippen molar-refractivity contribution in [1.82, 2.24) is 16.0 Å². The highest BCUT2D eigenvalue weighted by Crippen LogP contribution is 2.19. The second-order valence-electron chi connectivity index (χ2n) is 6.97. The summed E-state index contributed by atoms with van der Waals surface area (Å²) in [6.07, 6.45) is 1.04. The summed E-state index contributed by atoms with van der Waals surface area (Å²) < 4.78 is 0. The summed E-state index contributed by atoms with van der Waals surface area (Å²) in [4.78, 5) is 23.8. The van der Waals surface area contributed by atoms with Crippen molar-refractivity contribution in [2.24, 2.45) is 5.73 Å². The number of aliphatic carboxylic acids is 1. The molecule has 0 bridgehead atoms. The van der Waals surface area contributed by atoms with Crippen LogP contribution in [-0.4, -0.2) is 48.6 Å². The van der Waals surface area contributed by atoms with Crippen molar-refractivity contribution in [3.63, 3.8) is 0 Å². The molecule has 2 aromatic carbocycles.